The third kappa shape index (κ3) is 5.03. The largest absolute Gasteiger partial charge is 0.412 e. The molecule has 0 radical (unpaired) electrons. The van der Waals surface area contributed by atoms with Crippen LogP contribution in [-0.2, 0) is 8.85 Å². The van der Waals surface area contributed by atoms with Gasteiger partial charge in [-0.05, 0) is 53.9 Å². The van der Waals surface area contributed by atoms with Crippen LogP contribution in [-0.4, -0.2) is 35.2 Å². The van der Waals surface area contributed by atoms with Gasteiger partial charge in [0.1, 0.15) is 8.07 Å². The molecular weight excluding hydrogens is 308 g/mol. The Morgan fingerprint density at radius 1 is 0.714 bits per heavy atom. The van der Waals surface area contributed by atoms with Gasteiger partial charge in [0.05, 0.1) is 5.22 Å². The van der Waals surface area contributed by atoms with Gasteiger partial charge in [0.15, 0.2) is 0 Å². The molecule has 0 bridgehead atoms. The summed E-state index contributed by atoms with van der Waals surface area (Å²) in [6, 6.07) is 0. The molecule has 0 saturated heterocycles. The van der Waals surface area contributed by atoms with Crippen molar-refractivity contribution in [3.05, 3.63) is 24.6 Å². The Bertz CT molecular complexity index is 396. The van der Waals surface area contributed by atoms with E-state index < -0.39 is 24.7 Å². The molecule has 0 aliphatic carbocycles. The third-order valence-electron chi connectivity index (χ3n) is 5.03. The average Bonchev–Trinajstić information content (AvgIpc) is 2.25. The minimum Gasteiger partial charge on any atom is -0.412 e. The molecule has 0 aliphatic rings. The first-order chi connectivity index (χ1) is 9.04. The van der Waals surface area contributed by atoms with E-state index in [0.29, 0.717) is 0 Å². The van der Waals surface area contributed by atoms with E-state index in [1.807, 2.05) is 5.70 Å². The van der Waals surface area contributed by atoms with Crippen LogP contribution < -0.4 is 0 Å². The van der Waals surface area contributed by atoms with E-state index in [9.17, 15) is 0 Å². The van der Waals surface area contributed by atoms with Gasteiger partial charge in [0, 0.05) is 5.22 Å². The van der Waals surface area contributed by atoms with Gasteiger partial charge in [-0.25, -0.2) is 0 Å². The molecule has 0 aliphatic heterocycles. The van der Waals surface area contributed by atoms with Gasteiger partial charge in [0.2, 0.25) is 16.6 Å². The molecule has 2 nitrogen and oxygen atoms in total. The second kappa shape index (κ2) is 6.28. The van der Waals surface area contributed by atoms with Crippen molar-refractivity contribution in [2.45, 2.75) is 77.4 Å². The lowest BCUT2D eigenvalue weighted by molar-refractivity contribution is 0.102. The molecule has 0 heterocycles. The summed E-state index contributed by atoms with van der Waals surface area (Å²) in [7, 11) is -5.56. The number of hydrogen-bond donors (Lipinski definition) is 0. The lowest BCUT2D eigenvalue weighted by atomic mass is 10.5. The minimum atomic E-state index is -2.07. The van der Waals surface area contributed by atoms with E-state index in [1.165, 1.54) is 0 Å². The molecule has 0 aromatic rings. The quantitative estimate of drug-likeness (QED) is 0.562. The normalized spacial score (nSPS) is 15.0. The first-order valence-corrected chi connectivity index (χ1v) is 16.7. The molecule has 21 heavy (non-hydrogen) atoms. The second-order valence-corrected chi connectivity index (χ2v) is 21.8. The van der Waals surface area contributed by atoms with Crippen LogP contribution in [0.2, 0.25) is 39.3 Å². The Morgan fingerprint density at radius 3 is 1.48 bits per heavy atom. The SMILES string of the molecule is C=C[Si](C)(C)OC(C)(C)[Si](C)(C)OC(C)(C)[Si](C)(C)C=C. The van der Waals surface area contributed by atoms with Crippen molar-refractivity contribution in [3.8, 4) is 0 Å². The van der Waals surface area contributed by atoms with Crippen LogP contribution in [0, 0.1) is 0 Å². The minimum absolute atomic E-state index is 0.148. The number of hydrogen-bond acceptors (Lipinski definition) is 2. The summed E-state index contributed by atoms with van der Waals surface area (Å²) in [5.41, 5.74) is 4.11. The van der Waals surface area contributed by atoms with E-state index in [0.717, 1.165) is 0 Å². The predicted octanol–water partition coefficient (Wildman–Crippen LogP) is 5.22. The van der Waals surface area contributed by atoms with Gasteiger partial charge in [0.25, 0.3) is 0 Å². The molecule has 0 aromatic carbocycles. The standard InChI is InChI=1S/C16H36O2Si3/c1-13-19(7,8)15(3,4)18-21(11,12)16(5,6)17-20(9,10)14-2/h13-14H,1-2H2,3-12H3. The zero-order chi connectivity index (χ0) is 17.3. The van der Waals surface area contributed by atoms with E-state index in [4.69, 9.17) is 8.85 Å². The van der Waals surface area contributed by atoms with Gasteiger partial charge < -0.3 is 8.85 Å². The summed E-state index contributed by atoms with van der Waals surface area (Å²) in [6.45, 7) is 30.2. The van der Waals surface area contributed by atoms with Crippen LogP contribution in [0.5, 0.6) is 0 Å². The van der Waals surface area contributed by atoms with E-state index in [1.54, 1.807) is 0 Å². The molecule has 0 rings (SSSR count). The van der Waals surface area contributed by atoms with Crippen molar-refractivity contribution >= 4 is 24.7 Å². The molecule has 124 valence electrons. The maximum absolute atomic E-state index is 6.73. The topological polar surface area (TPSA) is 18.5 Å². The Hall–Kier alpha value is 0.0506. The zero-order valence-corrected chi connectivity index (χ0v) is 18.9. The Morgan fingerprint density at radius 2 is 1.14 bits per heavy atom. The van der Waals surface area contributed by atoms with Crippen molar-refractivity contribution in [1.82, 2.24) is 0 Å². The fraction of sp³-hybridized carbons (Fsp3) is 0.750. The van der Waals surface area contributed by atoms with Crippen molar-refractivity contribution in [3.63, 3.8) is 0 Å². The van der Waals surface area contributed by atoms with E-state index >= 15 is 0 Å². The molecule has 0 N–H and O–H groups in total. The monoisotopic (exact) mass is 344 g/mol. The first-order valence-electron chi connectivity index (χ1n) is 7.71. The predicted molar refractivity (Wildman–Crippen MR) is 103 cm³/mol. The van der Waals surface area contributed by atoms with Crippen molar-refractivity contribution in [2.75, 3.05) is 0 Å². The highest BCUT2D eigenvalue weighted by atomic mass is 28.4. The van der Waals surface area contributed by atoms with Crippen LogP contribution in [0.1, 0.15) is 27.7 Å². The number of rotatable bonds is 8. The van der Waals surface area contributed by atoms with E-state index in [-0.39, 0.29) is 10.4 Å². The van der Waals surface area contributed by atoms with Crippen molar-refractivity contribution < 1.29 is 8.85 Å². The van der Waals surface area contributed by atoms with Crippen molar-refractivity contribution in [1.29, 1.82) is 0 Å². The van der Waals surface area contributed by atoms with Gasteiger partial charge in [-0.2, -0.15) is 0 Å². The summed E-state index contributed by atoms with van der Waals surface area (Å²) in [5, 5.41) is -0.398. The van der Waals surface area contributed by atoms with Gasteiger partial charge in [-0.3, -0.25) is 0 Å². The first kappa shape index (κ1) is 21.1. The molecule has 0 fully saturated rings. The Kier molecular flexibility index (Phi) is 6.29. The molecule has 0 unspecified atom stereocenters. The van der Waals surface area contributed by atoms with Gasteiger partial charge >= 0.3 is 0 Å². The smallest absolute Gasteiger partial charge is 0.216 e. The average molecular weight is 345 g/mol. The third-order valence-corrected chi connectivity index (χ3v) is 15.7. The molecule has 0 saturated carbocycles. The molecular formula is C16H36O2Si3. The fourth-order valence-corrected chi connectivity index (χ4v) is 8.96. The molecule has 0 spiro atoms. The van der Waals surface area contributed by atoms with Gasteiger partial charge in [-0.1, -0.05) is 24.5 Å². The summed E-state index contributed by atoms with van der Waals surface area (Å²) >= 11 is 0. The lowest BCUT2D eigenvalue weighted by Gasteiger charge is -2.50. The highest BCUT2D eigenvalue weighted by Gasteiger charge is 2.50. The fourth-order valence-electron chi connectivity index (χ4n) is 1.96. The molecule has 0 atom stereocenters. The summed E-state index contributed by atoms with van der Waals surface area (Å²) in [6.07, 6.45) is 0. The summed E-state index contributed by atoms with van der Waals surface area (Å²) in [4.78, 5) is 0. The highest BCUT2D eigenvalue weighted by molar-refractivity contribution is 6.86. The van der Waals surface area contributed by atoms with Crippen LogP contribution in [0.25, 0.3) is 0 Å². The van der Waals surface area contributed by atoms with E-state index in [2.05, 4.69) is 85.8 Å². The summed E-state index contributed by atoms with van der Waals surface area (Å²) in [5.74, 6) is 0. The zero-order valence-electron chi connectivity index (χ0n) is 15.9. The molecule has 0 aromatic heterocycles. The van der Waals surface area contributed by atoms with Crippen molar-refractivity contribution in [2.24, 2.45) is 0 Å². The van der Waals surface area contributed by atoms with Gasteiger partial charge in [-0.15, -0.1) is 13.2 Å². The second-order valence-electron chi connectivity index (χ2n) is 8.47. The Labute approximate surface area is 135 Å². The molecule has 5 heteroatoms. The summed E-state index contributed by atoms with van der Waals surface area (Å²) < 4.78 is 13.2. The van der Waals surface area contributed by atoms with Crippen LogP contribution in [0.4, 0.5) is 0 Å². The maximum atomic E-state index is 6.73. The lowest BCUT2D eigenvalue weighted by Crippen LogP contribution is -2.64. The van der Waals surface area contributed by atoms with Crippen LogP contribution in [0.3, 0.4) is 0 Å². The highest BCUT2D eigenvalue weighted by Crippen LogP contribution is 2.36. The maximum Gasteiger partial charge on any atom is 0.216 e. The molecule has 0 amide bonds. The van der Waals surface area contributed by atoms with Crippen LogP contribution in [0.15, 0.2) is 24.6 Å². The Balaban J connectivity index is 5.39. The van der Waals surface area contributed by atoms with Crippen LogP contribution >= 0.6 is 0 Å².